The van der Waals surface area contributed by atoms with Gasteiger partial charge in [-0.2, -0.15) is 5.01 Å². The second-order valence-electron chi connectivity index (χ2n) is 9.55. The highest BCUT2D eigenvalue weighted by Gasteiger charge is 2.62. The van der Waals surface area contributed by atoms with Crippen molar-refractivity contribution >= 4 is 11.7 Å². The van der Waals surface area contributed by atoms with E-state index in [1.807, 2.05) is 30.1 Å². The molecule has 0 saturated carbocycles. The van der Waals surface area contributed by atoms with Crippen LogP contribution in [0.25, 0.3) is 0 Å². The molecule has 2 aromatic rings. The Balaban J connectivity index is 1.80. The molecular weight excluding hydrogens is 461 g/mol. The summed E-state index contributed by atoms with van der Waals surface area (Å²) in [5.41, 5.74) is 2.75. The molecule has 3 aliphatic rings. The number of amides is 1. The van der Waals surface area contributed by atoms with Crippen LogP contribution in [0.5, 0.6) is 0 Å². The lowest BCUT2D eigenvalue weighted by atomic mass is 9.80. The average Bonchev–Trinajstić information content (AvgIpc) is 3.35. The van der Waals surface area contributed by atoms with E-state index in [0.717, 1.165) is 29.2 Å². The standard InChI is InChI=1S/C28H30FN3O4/c1-5-24(33)26(34)25-27(35)31(13-14-36-4)17(2)32(30(25)3)28-19(15-18-9-6-7-10-21(18)28)16-20-22(28)11-8-12-23(20)29/h5-12,17,19,34H,1,13-16H2,2-4H3/b26-25+. The molecule has 2 aromatic carbocycles. The lowest BCUT2D eigenvalue weighted by Gasteiger charge is -2.56. The molecule has 0 bridgehead atoms. The van der Waals surface area contributed by atoms with Gasteiger partial charge in [0.05, 0.1) is 12.1 Å². The van der Waals surface area contributed by atoms with Crippen molar-refractivity contribution in [3.05, 3.63) is 94.6 Å². The SMILES string of the molecule is C=CC(=O)/C(O)=C1/C(=O)N(CCOC)C(C)N(C23c4ccccc4CC2Cc2c(F)cccc23)N1C. The molecule has 0 radical (unpaired) electrons. The number of methoxy groups -OCH3 is 1. The van der Waals surface area contributed by atoms with Crippen molar-refractivity contribution in [2.24, 2.45) is 5.92 Å². The zero-order valence-electron chi connectivity index (χ0n) is 20.7. The Morgan fingerprint density at radius 1 is 1.22 bits per heavy atom. The number of ketones is 1. The number of nitrogens with zero attached hydrogens (tertiary/aromatic N) is 3. The predicted octanol–water partition coefficient (Wildman–Crippen LogP) is 3.31. The molecule has 1 heterocycles. The molecule has 0 aromatic heterocycles. The summed E-state index contributed by atoms with van der Waals surface area (Å²) >= 11 is 0. The van der Waals surface area contributed by atoms with Gasteiger partial charge in [0.15, 0.2) is 11.5 Å². The first-order valence-electron chi connectivity index (χ1n) is 12.1. The first-order chi connectivity index (χ1) is 17.3. The zero-order chi connectivity index (χ0) is 25.8. The van der Waals surface area contributed by atoms with E-state index in [9.17, 15) is 14.7 Å². The number of carbonyl (C=O) groups excluding carboxylic acids is 2. The lowest BCUT2D eigenvalue weighted by molar-refractivity contribution is -0.189. The first kappa shape index (κ1) is 24.2. The predicted molar refractivity (Wildman–Crippen MR) is 132 cm³/mol. The van der Waals surface area contributed by atoms with Crippen molar-refractivity contribution in [2.45, 2.75) is 31.5 Å². The highest BCUT2D eigenvalue weighted by molar-refractivity contribution is 6.08. The number of hydrazine groups is 1. The number of aliphatic hydroxyl groups is 1. The second kappa shape index (κ2) is 8.87. The summed E-state index contributed by atoms with van der Waals surface area (Å²) in [4.78, 5) is 27.7. The number of likely N-dealkylation sites (N-methyl/N-ethyl adjacent to an activating group) is 1. The zero-order valence-corrected chi connectivity index (χ0v) is 20.7. The maximum Gasteiger partial charge on any atom is 0.276 e. The van der Waals surface area contributed by atoms with E-state index in [2.05, 4.69) is 18.7 Å². The number of benzene rings is 2. The van der Waals surface area contributed by atoms with Crippen LogP contribution < -0.4 is 0 Å². The number of hydrogen-bond donors (Lipinski definition) is 1. The fourth-order valence-corrected chi connectivity index (χ4v) is 6.50. The van der Waals surface area contributed by atoms with Crippen molar-refractivity contribution in [3.63, 3.8) is 0 Å². The molecule has 8 heteroatoms. The van der Waals surface area contributed by atoms with Crippen LogP contribution in [0.1, 0.15) is 29.2 Å². The Bertz CT molecular complexity index is 1290. The minimum Gasteiger partial charge on any atom is -0.503 e. The van der Waals surface area contributed by atoms with Crippen molar-refractivity contribution in [3.8, 4) is 0 Å². The maximum atomic E-state index is 15.1. The molecule has 2 aliphatic carbocycles. The normalized spacial score (nSPS) is 26.5. The van der Waals surface area contributed by atoms with E-state index in [-0.39, 0.29) is 30.6 Å². The Morgan fingerprint density at radius 2 is 1.94 bits per heavy atom. The molecule has 188 valence electrons. The van der Waals surface area contributed by atoms with Crippen LogP contribution in [0, 0.1) is 11.7 Å². The van der Waals surface area contributed by atoms with Gasteiger partial charge < -0.3 is 14.7 Å². The third-order valence-corrected chi connectivity index (χ3v) is 7.92. The van der Waals surface area contributed by atoms with Crippen LogP contribution in [0.2, 0.25) is 0 Å². The number of carbonyl (C=O) groups is 2. The monoisotopic (exact) mass is 491 g/mol. The quantitative estimate of drug-likeness (QED) is 0.494. The molecule has 36 heavy (non-hydrogen) atoms. The van der Waals surface area contributed by atoms with Gasteiger partial charge in [0.1, 0.15) is 12.0 Å². The van der Waals surface area contributed by atoms with E-state index >= 15 is 4.39 Å². The fourth-order valence-electron chi connectivity index (χ4n) is 6.50. The van der Waals surface area contributed by atoms with Crippen molar-refractivity contribution in [2.75, 3.05) is 27.3 Å². The van der Waals surface area contributed by atoms with Gasteiger partial charge in [-0.05, 0) is 60.1 Å². The van der Waals surface area contributed by atoms with E-state index < -0.39 is 29.2 Å². The van der Waals surface area contributed by atoms with Gasteiger partial charge in [-0.1, -0.05) is 43.0 Å². The summed E-state index contributed by atoms with van der Waals surface area (Å²) in [6.07, 6.45) is 1.77. The fraction of sp³-hybridized carbons (Fsp3) is 0.357. The van der Waals surface area contributed by atoms with Crippen LogP contribution in [0.3, 0.4) is 0 Å². The van der Waals surface area contributed by atoms with Crippen LogP contribution in [-0.4, -0.2) is 65.2 Å². The van der Waals surface area contributed by atoms with E-state index in [1.54, 1.807) is 30.1 Å². The number of fused-ring (bicyclic) bond motifs is 5. The van der Waals surface area contributed by atoms with Crippen LogP contribution in [-0.2, 0) is 32.7 Å². The van der Waals surface area contributed by atoms with Crippen molar-refractivity contribution in [1.82, 2.24) is 14.9 Å². The topological polar surface area (TPSA) is 73.3 Å². The highest BCUT2D eigenvalue weighted by atomic mass is 19.1. The van der Waals surface area contributed by atoms with Crippen LogP contribution in [0.15, 0.2) is 66.6 Å². The number of rotatable bonds is 6. The molecule has 1 saturated heterocycles. The number of allylic oxidation sites excluding steroid dienone is 1. The van der Waals surface area contributed by atoms with Gasteiger partial charge in [-0.15, -0.1) is 0 Å². The molecule has 0 spiro atoms. The van der Waals surface area contributed by atoms with Gasteiger partial charge in [0.25, 0.3) is 5.91 Å². The average molecular weight is 492 g/mol. The van der Waals surface area contributed by atoms with E-state index in [1.165, 1.54) is 6.07 Å². The molecule has 7 nitrogen and oxygen atoms in total. The third-order valence-electron chi connectivity index (χ3n) is 7.92. The maximum absolute atomic E-state index is 15.1. The molecule has 1 N–H and O–H groups in total. The summed E-state index contributed by atoms with van der Waals surface area (Å²) in [6.45, 7) is 5.90. The lowest BCUT2D eigenvalue weighted by Crippen LogP contribution is -2.69. The van der Waals surface area contributed by atoms with Crippen LogP contribution in [0.4, 0.5) is 4.39 Å². The van der Waals surface area contributed by atoms with Crippen LogP contribution >= 0.6 is 0 Å². The Kier molecular flexibility index (Phi) is 5.97. The number of hydrogen-bond acceptors (Lipinski definition) is 6. The molecule has 3 atom stereocenters. The molecule has 5 rings (SSSR count). The third kappa shape index (κ3) is 3.17. The molecule has 3 unspecified atom stereocenters. The minimum absolute atomic E-state index is 0.0114. The van der Waals surface area contributed by atoms with Gasteiger partial charge in [0.2, 0.25) is 5.78 Å². The largest absolute Gasteiger partial charge is 0.503 e. The van der Waals surface area contributed by atoms with Gasteiger partial charge in [0, 0.05) is 20.7 Å². The van der Waals surface area contributed by atoms with E-state index in [0.29, 0.717) is 12.0 Å². The number of aliphatic hydroxyl groups excluding tert-OH is 1. The molecule has 1 fully saturated rings. The first-order valence-corrected chi connectivity index (χ1v) is 12.1. The van der Waals surface area contributed by atoms with Gasteiger partial charge in [-0.25, -0.2) is 4.39 Å². The summed E-state index contributed by atoms with van der Waals surface area (Å²) in [6, 6.07) is 13.3. The van der Waals surface area contributed by atoms with Crippen molar-refractivity contribution < 1.29 is 23.8 Å². The van der Waals surface area contributed by atoms with Crippen molar-refractivity contribution in [1.29, 1.82) is 0 Å². The van der Waals surface area contributed by atoms with E-state index in [4.69, 9.17) is 4.74 Å². The summed E-state index contributed by atoms with van der Waals surface area (Å²) < 4.78 is 20.4. The molecule has 1 amide bonds. The number of ether oxygens (including phenoxy) is 1. The number of halogens is 1. The Morgan fingerprint density at radius 3 is 2.67 bits per heavy atom. The Labute approximate surface area is 210 Å². The summed E-state index contributed by atoms with van der Waals surface area (Å²) in [5, 5.41) is 14.5. The second-order valence-corrected chi connectivity index (χ2v) is 9.55. The Hall–Kier alpha value is -3.49. The molecule has 1 aliphatic heterocycles. The molecular formula is C28H30FN3O4. The summed E-state index contributed by atoms with van der Waals surface area (Å²) in [7, 11) is 3.23. The smallest absolute Gasteiger partial charge is 0.276 e. The minimum atomic E-state index is -0.809. The summed E-state index contributed by atoms with van der Waals surface area (Å²) in [5.74, 6) is -2.16. The van der Waals surface area contributed by atoms with Gasteiger partial charge in [-0.3, -0.25) is 14.6 Å². The highest BCUT2D eigenvalue weighted by Crippen LogP contribution is 2.59. The van der Waals surface area contributed by atoms with Gasteiger partial charge >= 0.3 is 0 Å².